The minimum atomic E-state index is -4.41. The van der Waals surface area contributed by atoms with Crippen LogP contribution in [0, 0.1) is 6.92 Å². The summed E-state index contributed by atoms with van der Waals surface area (Å²) >= 11 is 1.31. The molecule has 4 nitrogen and oxygen atoms in total. The van der Waals surface area contributed by atoms with Gasteiger partial charge < -0.3 is 14.5 Å². The fraction of sp³-hybridized carbons (Fsp3) is 0.435. The van der Waals surface area contributed by atoms with Gasteiger partial charge in [0, 0.05) is 36.0 Å². The van der Waals surface area contributed by atoms with E-state index in [0.717, 1.165) is 22.2 Å². The molecule has 0 spiro atoms. The summed E-state index contributed by atoms with van der Waals surface area (Å²) in [7, 11) is 0. The van der Waals surface area contributed by atoms with E-state index in [4.69, 9.17) is 4.74 Å². The number of alkyl halides is 3. The predicted molar refractivity (Wildman–Crippen MR) is 117 cm³/mol. The average Bonchev–Trinajstić information content (AvgIpc) is 2.68. The number of halogens is 3. The van der Waals surface area contributed by atoms with Crippen LogP contribution in [0.4, 0.5) is 23.7 Å². The van der Waals surface area contributed by atoms with Gasteiger partial charge in [-0.05, 0) is 58.0 Å². The summed E-state index contributed by atoms with van der Waals surface area (Å²) in [5, 5.41) is 0. The van der Waals surface area contributed by atoms with Crippen molar-refractivity contribution in [3.05, 3.63) is 53.6 Å². The van der Waals surface area contributed by atoms with Gasteiger partial charge in [0.25, 0.3) is 0 Å². The number of nitrogens with zero attached hydrogens (tertiary/aromatic N) is 2. The lowest BCUT2D eigenvalue weighted by atomic mass is 10.1. The molecular formula is C23H27F3N2O2S. The minimum Gasteiger partial charge on any atom is -0.444 e. The molecule has 1 amide bonds. The van der Waals surface area contributed by atoms with Gasteiger partial charge in [0.15, 0.2) is 0 Å². The van der Waals surface area contributed by atoms with Gasteiger partial charge in [0.1, 0.15) is 5.60 Å². The first kappa shape index (κ1) is 23.3. The van der Waals surface area contributed by atoms with Crippen molar-refractivity contribution in [2.45, 2.75) is 49.3 Å². The first-order chi connectivity index (χ1) is 14.4. The van der Waals surface area contributed by atoms with E-state index in [1.807, 2.05) is 56.9 Å². The third-order valence-electron chi connectivity index (χ3n) is 4.81. The molecule has 0 atom stereocenters. The van der Waals surface area contributed by atoms with Crippen LogP contribution >= 0.6 is 11.8 Å². The first-order valence-electron chi connectivity index (χ1n) is 10.1. The number of hydrogen-bond donors (Lipinski definition) is 0. The van der Waals surface area contributed by atoms with E-state index in [1.54, 1.807) is 4.90 Å². The second kappa shape index (κ2) is 9.02. The van der Waals surface area contributed by atoms with Crippen LogP contribution in [-0.4, -0.2) is 42.8 Å². The first-order valence-corrected chi connectivity index (χ1v) is 10.9. The molecule has 2 aromatic carbocycles. The van der Waals surface area contributed by atoms with Gasteiger partial charge in [-0.15, -0.1) is 0 Å². The average molecular weight is 453 g/mol. The van der Waals surface area contributed by atoms with E-state index >= 15 is 0 Å². The Kier molecular flexibility index (Phi) is 6.79. The minimum absolute atomic E-state index is 0.367. The topological polar surface area (TPSA) is 32.8 Å². The molecule has 1 saturated heterocycles. The number of ether oxygens (including phenoxy) is 1. The Morgan fingerprint density at radius 3 is 2.13 bits per heavy atom. The van der Waals surface area contributed by atoms with Crippen LogP contribution < -0.4 is 4.90 Å². The number of carbonyl (C=O) groups excluding carboxylic acids is 1. The van der Waals surface area contributed by atoms with Crippen molar-refractivity contribution in [3.63, 3.8) is 0 Å². The van der Waals surface area contributed by atoms with E-state index in [2.05, 4.69) is 0 Å². The van der Waals surface area contributed by atoms with E-state index in [0.29, 0.717) is 31.1 Å². The number of anilines is 1. The maximum absolute atomic E-state index is 13.3. The monoisotopic (exact) mass is 452 g/mol. The second-order valence-electron chi connectivity index (χ2n) is 8.55. The van der Waals surface area contributed by atoms with Crippen molar-refractivity contribution in [2.24, 2.45) is 0 Å². The molecule has 0 radical (unpaired) electrons. The zero-order chi connectivity index (χ0) is 22.8. The third kappa shape index (κ3) is 6.32. The number of benzene rings is 2. The summed E-state index contributed by atoms with van der Waals surface area (Å²) in [4.78, 5) is 17.4. The van der Waals surface area contributed by atoms with Crippen molar-refractivity contribution < 1.29 is 22.7 Å². The molecular weight excluding hydrogens is 425 g/mol. The maximum Gasteiger partial charge on any atom is 0.416 e. The molecule has 0 unspecified atom stereocenters. The summed E-state index contributed by atoms with van der Waals surface area (Å²) in [5.41, 5.74) is 0.590. The molecule has 168 valence electrons. The quantitative estimate of drug-likeness (QED) is 0.553. The fourth-order valence-electron chi connectivity index (χ4n) is 3.22. The summed E-state index contributed by atoms with van der Waals surface area (Å²) in [6.45, 7) is 9.36. The Labute approximate surface area is 185 Å². The summed E-state index contributed by atoms with van der Waals surface area (Å²) in [5.74, 6) is 0. The number of piperazine rings is 1. The molecule has 2 aromatic rings. The smallest absolute Gasteiger partial charge is 0.416 e. The van der Waals surface area contributed by atoms with Crippen LogP contribution in [0.5, 0.6) is 0 Å². The van der Waals surface area contributed by atoms with Crippen molar-refractivity contribution in [3.8, 4) is 0 Å². The Balaban J connectivity index is 1.80. The standard InChI is InChI=1S/C23H27F3N2O2S/c1-16-5-8-18(9-6-16)31-20-15-17(23(24,25)26)7-10-19(20)27-11-13-28(14-12-27)21(29)30-22(2,3)4/h5-10,15H,11-14H2,1-4H3. The Bertz CT molecular complexity index is 916. The Morgan fingerprint density at radius 1 is 0.968 bits per heavy atom. The number of rotatable bonds is 3. The number of aryl methyl sites for hydroxylation is 1. The fourth-order valence-corrected chi connectivity index (χ4v) is 4.24. The molecule has 8 heteroatoms. The molecule has 1 aliphatic heterocycles. The van der Waals surface area contributed by atoms with Gasteiger partial charge in [-0.25, -0.2) is 4.79 Å². The highest BCUT2D eigenvalue weighted by Crippen LogP contribution is 2.40. The van der Waals surface area contributed by atoms with Crippen LogP contribution in [0.15, 0.2) is 52.3 Å². The highest BCUT2D eigenvalue weighted by Gasteiger charge is 2.32. The van der Waals surface area contributed by atoms with Crippen LogP contribution in [0.1, 0.15) is 31.9 Å². The molecule has 0 saturated carbocycles. The Morgan fingerprint density at radius 2 is 1.58 bits per heavy atom. The largest absolute Gasteiger partial charge is 0.444 e. The van der Waals surface area contributed by atoms with Crippen molar-refractivity contribution >= 4 is 23.5 Å². The van der Waals surface area contributed by atoms with E-state index in [1.165, 1.54) is 23.9 Å². The molecule has 3 rings (SSSR count). The molecule has 1 aliphatic rings. The lowest BCUT2D eigenvalue weighted by molar-refractivity contribution is -0.137. The zero-order valence-corrected chi connectivity index (χ0v) is 18.9. The molecule has 1 heterocycles. The van der Waals surface area contributed by atoms with Gasteiger partial charge >= 0.3 is 12.3 Å². The predicted octanol–water partition coefficient (Wildman–Crippen LogP) is 6.22. The molecule has 0 aromatic heterocycles. The Hall–Kier alpha value is -2.35. The molecule has 0 N–H and O–H groups in total. The van der Waals surface area contributed by atoms with E-state index < -0.39 is 17.3 Å². The number of hydrogen-bond acceptors (Lipinski definition) is 4. The van der Waals surface area contributed by atoms with Gasteiger partial charge in [-0.3, -0.25) is 0 Å². The third-order valence-corrected chi connectivity index (χ3v) is 5.86. The van der Waals surface area contributed by atoms with E-state index in [9.17, 15) is 18.0 Å². The normalized spacial score (nSPS) is 15.2. The highest BCUT2D eigenvalue weighted by molar-refractivity contribution is 7.99. The van der Waals surface area contributed by atoms with Gasteiger partial charge in [-0.2, -0.15) is 13.2 Å². The van der Waals surface area contributed by atoms with Crippen molar-refractivity contribution in [2.75, 3.05) is 31.1 Å². The second-order valence-corrected chi connectivity index (χ2v) is 9.67. The summed E-state index contributed by atoms with van der Waals surface area (Å²) < 4.78 is 45.4. The molecule has 0 bridgehead atoms. The van der Waals surface area contributed by atoms with Crippen LogP contribution in [-0.2, 0) is 10.9 Å². The van der Waals surface area contributed by atoms with Crippen LogP contribution in [0.25, 0.3) is 0 Å². The highest BCUT2D eigenvalue weighted by atomic mass is 32.2. The van der Waals surface area contributed by atoms with Gasteiger partial charge in [0.2, 0.25) is 0 Å². The van der Waals surface area contributed by atoms with Crippen molar-refractivity contribution in [1.82, 2.24) is 4.90 Å². The number of amides is 1. The molecule has 31 heavy (non-hydrogen) atoms. The van der Waals surface area contributed by atoms with Crippen molar-refractivity contribution in [1.29, 1.82) is 0 Å². The molecule has 1 fully saturated rings. The van der Waals surface area contributed by atoms with Gasteiger partial charge in [0.05, 0.1) is 11.3 Å². The van der Waals surface area contributed by atoms with Crippen LogP contribution in [0.2, 0.25) is 0 Å². The zero-order valence-electron chi connectivity index (χ0n) is 18.1. The van der Waals surface area contributed by atoms with Gasteiger partial charge in [-0.1, -0.05) is 29.5 Å². The summed E-state index contributed by atoms with van der Waals surface area (Å²) in [6, 6.07) is 11.6. The SMILES string of the molecule is Cc1ccc(Sc2cc(C(F)(F)F)ccc2N2CCN(C(=O)OC(C)(C)C)CC2)cc1. The number of carbonyl (C=O) groups is 1. The lowest BCUT2D eigenvalue weighted by Gasteiger charge is -2.37. The maximum atomic E-state index is 13.3. The van der Waals surface area contributed by atoms with E-state index in [-0.39, 0.29) is 6.09 Å². The lowest BCUT2D eigenvalue weighted by Crippen LogP contribution is -2.50. The summed E-state index contributed by atoms with van der Waals surface area (Å²) in [6.07, 6.45) is -4.77. The molecule has 0 aliphatic carbocycles. The van der Waals surface area contributed by atoms with Crippen LogP contribution in [0.3, 0.4) is 0 Å².